The van der Waals surface area contributed by atoms with Gasteiger partial charge in [-0.3, -0.25) is 4.79 Å². The Bertz CT molecular complexity index is 600. The monoisotopic (exact) mass is 271 g/mol. The molecule has 0 saturated carbocycles. The number of nitrogens with zero attached hydrogens (tertiary/aromatic N) is 3. The Morgan fingerprint density at radius 2 is 2.15 bits per heavy atom. The summed E-state index contributed by atoms with van der Waals surface area (Å²) >= 11 is 0. The summed E-state index contributed by atoms with van der Waals surface area (Å²) in [6.07, 6.45) is 4.86. The number of rotatable bonds is 5. The van der Waals surface area contributed by atoms with Crippen LogP contribution in [-0.2, 0) is 17.9 Å². The lowest BCUT2D eigenvalue weighted by atomic mass is 10.2. The first-order chi connectivity index (χ1) is 9.69. The van der Waals surface area contributed by atoms with Gasteiger partial charge in [0.05, 0.1) is 6.54 Å². The third-order valence-electron chi connectivity index (χ3n) is 2.82. The molecule has 0 aliphatic heterocycles. The zero-order chi connectivity index (χ0) is 14.4. The summed E-state index contributed by atoms with van der Waals surface area (Å²) in [6, 6.07) is 7.29. The highest BCUT2D eigenvalue weighted by atomic mass is 16.1. The van der Waals surface area contributed by atoms with Gasteiger partial charge in [-0.2, -0.15) is 0 Å². The highest BCUT2D eigenvalue weighted by Crippen LogP contribution is 2.06. The van der Waals surface area contributed by atoms with E-state index in [1.54, 1.807) is 24.5 Å². The Hall–Kier alpha value is -2.63. The molecule has 0 radical (unpaired) electrons. The Labute approximate surface area is 117 Å². The predicted molar refractivity (Wildman–Crippen MR) is 77.4 cm³/mol. The first-order valence-corrected chi connectivity index (χ1v) is 6.37. The lowest BCUT2D eigenvalue weighted by Gasteiger charge is -2.03. The third kappa shape index (κ3) is 3.68. The van der Waals surface area contributed by atoms with Crippen LogP contribution in [-0.4, -0.2) is 20.7 Å². The molecule has 1 aromatic carbocycles. The fourth-order valence-corrected chi connectivity index (χ4v) is 1.68. The summed E-state index contributed by atoms with van der Waals surface area (Å²) in [4.78, 5) is 11.7. The Balaban J connectivity index is 1.88. The van der Waals surface area contributed by atoms with Crippen molar-refractivity contribution in [3.05, 3.63) is 48.1 Å². The standard InChI is InChI=1S/C14H17N5O/c1-2-19-10-17-18-13(19)9-16-14(20)8-5-11-3-6-12(15)7-4-11/h3-8,10H,2,9,15H2,1H3,(H,16,20)/b8-5+. The van der Waals surface area contributed by atoms with Crippen molar-refractivity contribution in [3.63, 3.8) is 0 Å². The normalized spacial score (nSPS) is 10.8. The van der Waals surface area contributed by atoms with E-state index in [4.69, 9.17) is 5.73 Å². The van der Waals surface area contributed by atoms with E-state index in [0.29, 0.717) is 12.2 Å². The summed E-state index contributed by atoms with van der Waals surface area (Å²) in [5, 5.41) is 10.5. The molecule has 0 atom stereocenters. The van der Waals surface area contributed by atoms with E-state index in [1.807, 2.05) is 23.6 Å². The number of nitrogen functional groups attached to an aromatic ring is 1. The maximum Gasteiger partial charge on any atom is 0.244 e. The van der Waals surface area contributed by atoms with Gasteiger partial charge in [0, 0.05) is 18.3 Å². The van der Waals surface area contributed by atoms with Crippen molar-refractivity contribution in [2.45, 2.75) is 20.0 Å². The van der Waals surface area contributed by atoms with Crippen molar-refractivity contribution in [3.8, 4) is 0 Å². The number of benzene rings is 1. The molecule has 0 spiro atoms. The number of aryl methyl sites for hydroxylation is 1. The van der Waals surface area contributed by atoms with Crippen LogP contribution in [0.2, 0.25) is 0 Å². The smallest absolute Gasteiger partial charge is 0.244 e. The Morgan fingerprint density at radius 3 is 2.85 bits per heavy atom. The minimum atomic E-state index is -0.174. The van der Waals surface area contributed by atoms with E-state index in [9.17, 15) is 4.79 Å². The van der Waals surface area contributed by atoms with E-state index < -0.39 is 0 Å². The molecule has 2 aromatic rings. The number of hydrogen-bond donors (Lipinski definition) is 2. The molecule has 0 fully saturated rings. The summed E-state index contributed by atoms with van der Waals surface area (Å²) in [5.74, 6) is 0.564. The van der Waals surface area contributed by atoms with Crippen LogP contribution >= 0.6 is 0 Å². The number of carbonyl (C=O) groups excluding carboxylic acids is 1. The van der Waals surface area contributed by atoms with Gasteiger partial charge in [0.1, 0.15) is 6.33 Å². The van der Waals surface area contributed by atoms with E-state index in [2.05, 4.69) is 15.5 Å². The molecule has 1 aromatic heterocycles. The molecule has 0 bridgehead atoms. The van der Waals surface area contributed by atoms with Crippen molar-refractivity contribution in [1.29, 1.82) is 0 Å². The number of aromatic nitrogens is 3. The van der Waals surface area contributed by atoms with Crippen LogP contribution in [0.1, 0.15) is 18.3 Å². The molecule has 0 aliphatic carbocycles. The van der Waals surface area contributed by atoms with Gasteiger partial charge in [0.2, 0.25) is 5.91 Å². The summed E-state index contributed by atoms with van der Waals surface area (Å²) in [5.41, 5.74) is 7.22. The fraction of sp³-hybridized carbons (Fsp3) is 0.214. The van der Waals surface area contributed by atoms with Gasteiger partial charge in [0.15, 0.2) is 5.82 Å². The van der Waals surface area contributed by atoms with Gasteiger partial charge < -0.3 is 15.6 Å². The second kappa shape index (κ2) is 6.51. The first kappa shape index (κ1) is 13.8. The molecular formula is C14H17N5O. The molecule has 6 nitrogen and oxygen atoms in total. The van der Waals surface area contributed by atoms with Crippen LogP contribution in [0.5, 0.6) is 0 Å². The van der Waals surface area contributed by atoms with Crippen molar-refractivity contribution >= 4 is 17.7 Å². The van der Waals surface area contributed by atoms with Gasteiger partial charge >= 0.3 is 0 Å². The van der Waals surface area contributed by atoms with E-state index in [0.717, 1.165) is 17.9 Å². The van der Waals surface area contributed by atoms with Crippen molar-refractivity contribution in [1.82, 2.24) is 20.1 Å². The fourth-order valence-electron chi connectivity index (χ4n) is 1.68. The predicted octanol–water partition coefficient (Wildman–Crippen LogP) is 1.21. The highest BCUT2D eigenvalue weighted by molar-refractivity contribution is 5.91. The highest BCUT2D eigenvalue weighted by Gasteiger charge is 2.03. The van der Waals surface area contributed by atoms with E-state index >= 15 is 0 Å². The topological polar surface area (TPSA) is 85.8 Å². The van der Waals surface area contributed by atoms with Crippen LogP contribution < -0.4 is 11.1 Å². The van der Waals surface area contributed by atoms with Gasteiger partial charge in [-0.05, 0) is 30.7 Å². The van der Waals surface area contributed by atoms with Crippen LogP contribution in [0.25, 0.3) is 6.08 Å². The summed E-state index contributed by atoms with van der Waals surface area (Å²) < 4.78 is 1.88. The third-order valence-corrected chi connectivity index (χ3v) is 2.82. The van der Waals surface area contributed by atoms with Crippen molar-refractivity contribution in [2.75, 3.05) is 5.73 Å². The second-order valence-electron chi connectivity index (χ2n) is 4.25. The van der Waals surface area contributed by atoms with E-state index in [-0.39, 0.29) is 5.91 Å². The molecule has 2 rings (SSSR count). The van der Waals surface area contributed by atoms with Gasteiger partial charge in [-0.1, -0.05) is 12.1 Å². The number of carbonyl (C=O) groups is 1. The van der Waals surface area contributed by atoms with Crippen LogP contribution in [0.15, 0.2) is 36.7 Å². The lowest BCUT2D eigenvalue weighted by Crippen LogP contribution is -2.22. The van der Waals surface area contributed by atoms with Crippen LogP contribution in [0.3, 0.4) is 0 Å². The molecule has 0 saturated heterocycles. The molecule has 6 heteroatoms. The zero-order valence-corrected chi connectivity index (χ0v) is 11.3. The average Bonchev–Trinajstić information content (AvgIpc) is 2.92. The molecular weight excluding hydrogens is 254 g/mol. The minimum Gasteiger partial charge on any atom is -0.399 e. The average molecular weight is 271 g/mol. The lowest BCUT2D eigenvalue weighted by molar-refractivity contribution is -0.116. The number of nitrogens with one attached hydrogen (secondary N) is 1. The summed E-state index contributed by atoms with van der Waals surface area (Å²) in [6.45, 7) is 3.13. The number of hydrogen-bond acceptors (Lipinski definition) is 4. The van der Waals surface area contributed by atoms with Crippen molar-refractivity contribution in [2.24, 2.45) is 0 Å². The largest absolute Gasteiger partial charge is 0.399 e. The number of nitrogens with two attached hydrogens (primary N) is 1. The molecule has 0 aliphatic rings. The maximum absolute atomic E-state index is 11.7. The molecule has 3 N–H and O–H groups in total. The van der Waals surface area contributed by atoms with Gasteiger partial charge in [-0.15, -0.1) is 10.2 Å². The second-order valence-corrected chi connectivity index (χ2v) is 4.25. The quantitative estimate of drug-likeness (QED) is 0.632. The van der Waals surface area contributed by atoms with Gasteiger partial charge in [0.25, 0.3) is 0 Å². The number of anilines is 1. The molecule has 20 heavy (non-hydrogen) atoms. The maximum atomic E-state index is 11.7. The molecule has 104 valence electrons. The molecule has 1 amide bonds. The number of amides is 1. The first-order valence-electron chi connectivity index (χ1n) is 6.37. The zero-order valence-electron chi connectivity index (χ0n) is 11.3. The Morgan fingerprint density at radius 1 is 1.40 bits per heavy atom. The van der Waals surface area contributed by atoms with Gasteiger partial charge in [-0.25, -0.2) is 0 Å². The molecule has 1 heterocycles. The van der Waals surface area contributed by atoms with Crippen molar-refractivity contribution < 1.29 is 4.79 Å². The summed E-state index contributed by atoms with van der Waals surface area (Å²) in [7, 11) is 0. The van der Waals surface area contributed by atoms with Crippen LogP contribution in [0, 0.1) is 0 Å². The molecule has 0 unspecified atom stereocenters. The van der Waals surface area contributed by atoms with Crippen LogP contribution in [0.4, 0.5) is 5.69 Å². The Kier molecular flexibility index (Phi) is 4.49. The minimum absolute atomic E-state index is 0.174. The van der Waals surface area contributed by atoms with E-state index in [1.165, 1.54) is 6.08 Å². The SMILES string of the molecule is CCn1cnnc1CNC(=O)/C=C/c1ccc(N)cc1.